The highest BCUT2D eigenvalue weighted by Gasteiger charge is 2.04. The lowest BCUT2D eigenvalue weighted by Crippen LogP contribution is -1.92. The molecule has 0 unspecified atom stereocenters. The van der Waals surface area contributed by atoms with Crippen LogP contribution in [-0.4, -0.2) is 19.2 Å². The van der Waals surface area contributed by atoms with Crippen LogP contribution in [0.4, 0.5) is 5.69 Å². The van der Waals surface area contributed by atoms with Crippen LogP contribution in [0.5, 0.6) is 23.0 Å². The number of aromatic nitrogens is 1. The molecular weight excluding hydrogens is 232 g/mol. The topological polar surface area (TPSA) is 66.6 Å². The molecule has 94 valence electrons. The van der Waals surface area contributed by atoms with Gasteiger partial charge in [-0.2, -0.15) is 0 Å². The lowest BCUT2D eigenvalue weighted by molar-refractivity contribution is 0.386. The standard InChI is InChI=1S/C13H14N2O3/c1-16-10-4-11(17-2)6-12(5-10)18-13-3-9(14)7-15-8-13/h3-8H,14H2,1-2H3. The molecule has 0 aliphatic carbocycles. The minimum absolute atomic E-state index is 0.544. The second-order valence-corrected chi connectivity index (χ2v) is 3.60. The minimum atomic E-state index is 0.544. The van der Waals surface area contributed by atoms with E-state index in [1.807, 2.05) is 0 Å². The van der Waals surface area contributed by atoms with E-state index >= 15 is 0 Å². The Bertz CT molecular complexity index is 521. The highest BCUT2D eigenvalue weighted by molar-refractivity contribution is 5.46. The van der Waals surface area contributed by atoms with E-state index in [0.29, 0.717) is 28.7 Å². The summed E-state index contributed by atoms with van der Waals surface area (Å²) < 4.78 is 16.0. The maximum Gasteiger partial charge on any atom is 0.147 e. The molecule has 5 heteroatoms. The van der Waals surface area contributed by atoms with Crippen molar-refractivity contribution in [3.8, 4) is 23.0 Å². The van der Waals surface area contributed by atoms with Gasteiger partial charge in [-0.3, -0.25) is 4.98 Å². The third-order valence-electron chi connectivity index (χ3n) is 2.29. The number of ether oxygens (including phenoxy) is 3. The number of anilines is 1. The van der Waals surface area contributed by atoms with Gasteiger partial charge in [-0.05, 0) is 0 Å². The molecule has 0 radical (unpaired) electrons. The molecule has 0 amide bonds. The molecule has 0 aliphatic rings. The average molecular weight is 246 g/mol. The van der Waals surface area contributed by atoms with Gasteiger partial charge < -0.3 is 19.9 Å². The van der Waals surface area contributed by atoms with Crippen molar-refractivity contribution in [1.82, 2.24) is 4.98 Å². The van der Waals surface area contributed by atoms with Crippen LogP contribution in [0.3, 0.4) is 0 Å². The van der Waals surface area contributed by atoms with Crippen molar-refractivity contribution in [3.05, 3.63) is 36.7 Å². The Kier molecular flexibility index (Phi) is 3.52. The molecule has 0 aliphatic heterocycles. The number of benzene rings is 1. The molecule has 0 saturated carbocycles. The van der Waals surface area contributed by atoms with E-state index in [0.717, 1.165) is 0 Å². The Labute approximate surface area is 105 Å². The van der Waals surface area contributed by atoms with E-state index in [9.17, 15) is 0 Å². The summed E-state index contributed by atoms with van der Waals surface area (Å²) in [5.74, 6) is 2.46. The van der Waals surface area contributed by atoms with E-state index in [1.54, 1.807) is 50.9 Å². The van der Waals surface area contributed by atoms with Crippen molar-refractivity contribution in [1.29, 1.82) is 0 Å². The van der Waals surface area contributed by atoms with Crippen LogP contribution < -0.4 is 19.9 Å². The Morgan fingerprint density at radius 2 is 1.44 bits per heavy atom. The van der Waals surface area contributed by atoms with Gasteiger partial charge in [0.05, 0.1) is 32.3 Å². The molecule has 0 fully saturated rings. The second-order valence-electron chi connectivity index (χ2n) is 3.60. The zero-order chi connectivity index (χ0) is 13.0. The minimum Gasteiger partial charge on any atom is -0.496 e. The summed E-state index contributed by atoms with van der Waals surface area (Å²) in [5.41, 5.74) is 6.18. The first kappa shape index (κ1) is 12.0. The molecule has 0 saturated heterocycles. The predicted octanol–water partition coefficient (Wildman–Crippen LogP) is 2.47. The Morgan fingerprint density at radius 3 is 2.00 bits per heavy atom. The first-order chi connectivity index (χ1) is 8.71. The van der Waals surface area contributed by atoms with Gasteiger partial charge in [0, 0.05) is 24.3 Å². The molecular formula is C13H14N2O3. The first-order valence-corrected chi connectivity index (χ1v) is 5.32. The van der Waals surface area contributed by atoms with Crippen molar-refractivity contribution >= 4 is 5.69 Å². The summed E-state index contributed by atoms with van der Waals surface area (Å²) >= 11 is 0. The van der Waals surface area contributed by atoms with Crippen molar-refractivity contribution in [2.24, 2.45) is 0 Å². The highest BCUT2D eigenvalue weighted by Crippen LogP contribution is 2.30. The van der Waals surface area contributed by atoms with E-state index in [1.165, 1.54) is 0 Å². The third kappa shape index (κ3) is 2.82. The molecule has 0 atom stereocenters. The first-order valence-electron chi connectivity index (χ1n) is 5.32. The van der Waals surface area contributed by atoms with Crippen LogP contribution in [0.1, 0.15) is 0 Å². The monoisotopic (exact) mass is 246 g/mol. The number of pyridine rings is 1. The normalized spacial score (nSPS) is 9.89. The van der Waals surface area contributed by atoms with Gasteiger partial charge in [-0.25, -0.2) is 0 Å². The van der Waals surface area contributed by atoms with Crippen molar-refractivity contribution in [3.63, 3.8) is 0 Å². The molecule has 1 aromatic carbocycles. The van der Waals surface area contributed by atoms with Gasteiger partial charge in [0.25, 0.3) is 0 Å². The molecule has 0 bridgehead atoms. The molecule has 18 heavy (non-hydrogen) atoms. The number of methoxy groups -OCH3 is 2. The number of hydrogen-bond acceptors (Lipinski definition) is 5. The van der Waals surface area contributed by atoms with Gasteiger partial charge in [0.15, 0.2) is 0 Å². The molecule has 1 heterocycles. The summed E-state index contributed by atoms with van der Waals surface area (Å²) in [4.78, 5) is 3.95. The summed E-state index contributed by atoms with van der Waals surface area (Å²) in [6, 6.07) is 6.97. The maximum absolute atomic E-state index is 5.64. The lowest BCUT2D eigenvalue weighted by atomic mass is 10.3. The van der Waals surface area contributed by atoms with Gasteiger partial charge in [0.2, 0.25) is 0 Å². The van der Waals surface area contributed by atoms with Gasteiger partial charge in [0.1, 0.15) is 23.0 Å². The Hall–Kier alpha value is -2.43. The van der Waals surface area contributed by atoms with Crippen LogP contribution >= 0.6 is 0 Å². The van der Waals surface area contributed by atoms with Gasteiger partial charge >= 0.3 is 0 Å². The summed E-state index contributed by atoms with van der Waals surface area (Å²) in [5, 5.41) is 0. The molecule has 1 aromatic heterocycles. The molecule has 2 rings (SSSR count). The molecule has 5 nitrogen and oxygen atoms in total. The second kappa shape index (κ2) is 5.27. The number of rotatable bonds is 4. The van der Waals surface area contributed by atoms with Crippen molar-refractivity contribution in [2.45, 2.75) is 0 Å². The summed E-state index contributed by atoms with van der Waals surface area (Å²) in [6.07, 6.45) is 3.14. The van der Waals surface area contributed by atoms with Crippen molar-refractivity contribution < 1.29 is 14.2 Å². The fraction of sp³-hybridized carbons (Fsp3) is 0.154. The van der Waals surface area contributed by atoms with E-state index in [2.05, 4.69) is 4.98 Å². The quantitative estimate of drug-likeness (QED) is 0.897. The van der Waals surface area contributed by atoms with Gasteiger partial charge in [-0.1, -0.05) is 0 Å². The molecule has 2 N–H and O–H groups in total. The highest BCUT2D eigenvalue weighted by atomic mass is 16.5. The van der Waals surface area contributed by atoms with Crippen LogP contribution in [0.25, 0.3) is 0 Å². The number of nitrogens with two attached hydrogens (primary N) is 1. The molecule has 0 spiro atoms. The van der Waals surface area contributed by atoms with E-state index in [-0.39, 0.29) is 0 Å². The lowest BCUT2D eigenvalue weighted by Gasteiger charge is -2.09. The van der Waals surface area contributed by atoms with Crippen LogP contribution in [0.15, 0.2) is 36.7 Å². The van der Waals surface area contributed by atoms with Crippen LogP contribution in [0, 0.1) is 0 Å². The van der Waals surface area contributed by atoms with Crippen molar-refractivity contribution in [2.75, 3.05) is 20.0 Å². The molecule has 2 aromatic rings. The Balaban J connectivity index is 2.28. The fourth-order valence-electron chi connectivity index (χ4n) is 1.47. The Morgan fingerprint density at radius 1 is 0.833 bits per heavy atom. The summed E-state index contributed by atoms with van der Waals surface area (Å²) in [7, 11) is 3.17. The van der Waals surface area contributed by atoms with E-state index in [4.69, 9.17) is 19.9 Å². The zero-order valence-electron chi connectivity index (χ0n) is 10.2. The van der Waals surface area contributed by atoms with Crippen LogP contribution in [0.2, 0.25) is 0 Å². The largest absolute Gasteiger partial charge is 0.496 e. The smallest absolute Gasteiger partial charge is 0.147 e. The van der Waals surface area contributed by atoms with Gasteiger partial charge in [-0.15, -0.1) is 0 Å². The number of nitrogens with zero attached hydrogens (tertiary/aromatic N) is 1. The number of hydrogen-bond donors (Lipinski definition) is 1. The fourth-order valence-corrected chi connectivity index (χ4v) is 1.47. The maximum atomic E-state index is 5.64. The average Bonchev–Trinajstić information content (AvgIpc) is 2.38. The number of nitrogen functional groups attached to an aromatic ring is 1. The van der Waals surface area contributed by atoms with Crippen LogP contribution in [-0.2, 0) is 0 Å². The third-order valence-corrected chi connectivity index (χ3v) is 2.29. The van der Waals surface area contributed by atoms with E-state index < -0.39 is 0 Å². The summed E-state index contributed by atoms with van der Waals surface area (Å²) in [6.45, 7) is 0. The predicted molar refractivity (Wildman–Crippen MR) is 68.3 cm³/mol. The zero-order valence-corrected chi connectivity index (χ0v) is 10.2. The SMILES string of the molecule is COc1cc(OC)cc(Oc2cncc(N)c2)c1.